The maximum Gasteiger partial charge on any atom is 0.0939 e. The molecule has 3 N–H and O–H groups in total. The zero-order valence-electron chi connectivity index (χ0n) is 8.53. The van der Waals surface area contributed by atoms with Gasteiger partial charge >= 0.3 is 0 Å². The smallest absolute Gasteiger partial charge is 0.0939 e. The molecule has 0 aliphatic rings. The van der Waals surface area contributed by atoms with E-state index in [1.165, 1.54) is 17.8 Å². The minimum Gasteiger partial charge on any atom is -0.398 e. The number of hydrogen-bond donors (Lipinski definition) is 2. The quantitative estimate of drug-likeness (QED) is 0.601. The minimum atomic E-state index is 0.640. The lowest BCUT2D eigenvalue weighted by molar-refractivity contribution is 0.859. The highest BCUT2D eigenvalue weighted by Gasteiger charge is 1.98. The number of nitrogens with zero attached hydrogens (tertiary/aromatic N) is 1. The van der Waals surface area contributed by atoms with Gasteiger partial charge in [0.15, 0.2) is 0 Å². The normalized spacial score (nSPS) is 10.8. The molecule has 0 amide bonds. The molecule has 0 radical (unpaired) electrons. The molecule has 0 fully saturated rings. The van der Waals surface area contributed by atoms with Crippen LogP contribution in [0.5, 0.6) is 0 Å². The summed E-state index contributed by atoms with van der Waals surface area (Å²) in [6, 6.07) is 9.67. The fourth-order valence-corrected chi connectivity index (χ4v) is 1.51. The van der Waals surface area contributed by atoms with E-state index < -0.39 is 0 Å². The van der Waals surface area contributed by atoms with Gasteiger partial charge in [0.05, 0.1) is 11.1 Å². The molecule has 0 aromatic heterocycles. The van der Waals surface area contributed by atoms with Gasteiger partial charge in [0, 0.05) is 18.3 Å². The summed E-state index contributed by atoms with van der Waals surface area (Å²) >= 11 is 1.51. The Labute approximate surface area is 94.0 Å². The second-order valence-electron chi connectivity index (χ2n) is 2.89. The van der Waals surface area contributed by atoms with Crippen LogP contribution in [0.3, 0.4) is 0 Å². The topological polar surface area (TPSA) is 61.8 Å². The lowest BCUT2D eigenvalue weighted by Crippen LogP contribution is -2.11. The number of nitrogen functional groups attached to an aromatic ring is 1. The van der Waals surface area contributed by atoms with E-state index in [-0.39, 0.29) is 0 Å². The zero-order valence-corrected chi connectivity index (χ0v) is 9.34. The summed E-state index contributed by atoms with van der Waals surface area (Å²) in [4.78, 5) is 0. The van der Waals surface area contributed by atoms with Gasteiger partial charge in [-0.1, -0.05) is 18.2 Å². The number of nitrogens with two attached hydrogens (primary N) is 1. The van der Waals surface area contributed by atoms with Crippen LogP contribution in [0.25, 0.3) is 0 Å². The van der Waals surface area contributed by atoms with Crippen molar-refractivity contribution in [1.29, 1.82) is 5.26 Å². The van der Waals surface area contributed by atoms with Crippen LogP contribution in [0.4, 0.5) is 5.69 Å². The highest BCUT2D eigenvalue weighted by Crippen LogP contribution is 2.13. The molecule has 0 atom stereocenters. The van der Waals surface area contributed by atoms with E-state index in [9.17, 15) is 0 Å². The van der Waals surface area contributed by atoms with E-state index in [0.717, 1.165) is 16.3 Å². The molecule has 4 heteroatoms. The summed E-state index contributed by atoms with van der Waals surface area (Å²) in [6.07, 6.45) is 3.41. The molecule has 0 unspecified atom stereocenters. The van der Waals surface area contributed by atoms with Crippen molar-refractivity contribution in [3.63, 3.8) is 0 Å². The number of nitriles is 1. The number of allylic oxidation sites excluding steroid dienone is 1. The summed E-state index contributed by atoms with van der Waals surface area (Å²) in [5, 5.41) is 12.5. The monoisotopic (exact) mass is 219 g/mol. The first-order valence-corrected chi connectivity index (χ1v) is 5.71. The van der Waals surface area contributed by atoms with Crippen LogP contribution in [0.1, 0.15) is 5.56 Å². The van der Waals surface area contributed by atoms with Gasteiger partial charge in [-0.15, -0.1) is 11.8 Å². The minimum absolute atomic E-state index is 0.640. The molecule has 0 aliphatic carbocycles. The van der Waals surface area contributed by atoms with Crippen molar-refractivity contribution in [2.45, 2.75) is 6.54 Å². The first-order chi connectivity index (χ1) is 7.27. The third-order valence-electron chi connectivity index (χ3n) is 1.92. The average molecular weight is 219 g/mol. The molecule has 0 aliphatic heterocycles. The van der Waals surface area contributed by atoms with E-state index in [0.29, 0.717) is 6.54 Å². The van der Waals surface area contributed by atoms with E-state index in [4.69, 9.17) is 11.0 Å². The summed E-state index contributed by atoms with van der Waals surface area (Å²) in [5.41, 5.74) is 7.59. The van der Waals surface area contributed by atoms with Gasteiger partial charge in [-0.3, -0.25) is 0 Å². The highest BCUT2D eigenvalue weighted by atomic mass is 32.2. The Morgan fingerprint density at radius 2 is 2.33 bits per heavy atom. The van der Waals surface area contributed by atoms with Crippen molar-refractivity contribution in [3.05, 3.63) is 40.9 Å². The van der Waals surface area contributed by atoms with Crippen molar-refractivity contribution < 1.29 is 0 Å². The molecule has 1 aromatic rings. The Balaban J connectivity index is 2.61. The number of para-hydroxylation sites is 1. The second-order valence-corrected chi connectivity index (χ2v) is 3.74. The lowest BCUT2D eigenvalue weighted by atomic mass is 10.2. The summed E-state index contributed by atoms with van der Waals surface area (Å²) in [7, 11) is 0. The number of anilines is 1. The van der Waals surface area contributed by atoms with Crippen LogP contribution in [-0.4, -0.2) is 6.26 Å². The average Bonchev–Trinajstić information content (AvgIpc) is 2.26. The molecule has 1 rings (SSSR count). The SMILES string of the molecule is CS/C(=C\C#N)NCc1ccccc1N. The van der Waals surface area contributed by atoms with Crippen molar-refractivity contribution in [1.82, 2.24) is 5.32 Å². The maximum absolute atomic E-state index is 8.52. The van der Waals surface area contributed by atoms with Crippen LogP contribution in [-0.2, 0) is 6.54 Å². The second kappa shape index (κ2) is 5.99. The molecule has 0 saturated heterocycles. The maximum atomic E-state index is 8.52. The molecule has 1 aromatic carbocycles. The van der Waals surface area contributed by atoms with Crippen LogP contribution in [0.15, 0.2) is 35.4 Å². The number of nitrogens with one attached hydrogen (secondary N) is 1. The molecule has 78 valence electrons. The Morgan fingerprint density at radius 1 is 1.60 bits per heavy atom. The summed E-state index contributed by atoms with van der Waals surface area (Å²) < 4.78 is 0. The van der Waals surface area contributed by atoms with Crippen LogP contribution >= 0.6 is 11.8 Å². The van der Waals surface area contributed by atoms with Gasteiger partial charge in [0.2, 0.25) is 0 Å². The fourth-order valence-electron chi connectivity index (χ4n) is 1.12. The Kier molecular flexibility index (Phi) is 4.58. The van der Waals surface area contributed by atoms with E-state index in [2.05, 4.69) is 5.32 Å². The van der Waals surface area contributed by atoms with Crippen LogP contribution in [0, 0.1) is 11.3 Å². The number of thioether (sulfide) groups is 1. The van der Waals surface area contributed by atoms with Crippen LogP contribution < -0.4 is 11.1 Å². The lowest BCUT2D eigenvalue weighted by Gasteiger charge is -2.09. The third kappa shape index (κ3) is 3.56. The largest absolute Gasteiger partial charge is 0.398 e. The molecule has 15 heavy (non-hydrogen) atoms. The van der Waals surface area contributed by atoms with Crippen molar-refractivity contribution in [3.8, 4) is 6.07 Å². The molecule has 0 heterocycles. The molecule has 0 spiro atoms. The molecule has 0 saturated carbocycles. The standard InChI is InChI=1S/C11H13N3S/c1-15-11(6-7-12)14-8-9-4-2-3-5-10(9)13/h2-6,14H,8,13H2,1H3/b11-6-. The molecule has 0 bridgehead atoms. The van der Waals surface area contributed by atoms with Gasteiger partial charge in [-0.25, -0.2) is 0 Å². The number of rotatable bonds is 4. The van der Waals surface area contributed by atoms with Crippen molar-refractivity contribution in [2.24, 2.45) is 0 Å². The van der Waals surface area contributed by atoms with Crippen molar-refractivity contribution in [2.75, 3.05) is 12.0 Å². The Morgan fingerprint density at radius 3 is 2.93 bits per heavy atom. The fraction of sp³-hybridized carbons (Fsp3) is 0.182. The Hall–Kier alpha value is -1.60. The summed E-state index contributed by atoms with van der Waals surface area (Å²) in [6.45, 7) is 0.640. The summed E-state index contributed by atoms with van der Waals surface area (Å²) in [5.74, 6) is 0. The van der Waals surface area contributed by atoms with Gasteiger partial charge in [0.25, 0.3) is 0 Å². The number of hydrogen-bond acceptors (Lipinski definition) is 4. The van der Waals surface area contributed by atoms with Gasteiger partial charge < -0.3 is 11.1 Å². The van der Waals surface area contributed by atoms with E-state index >= 15 is 0 Å². The van der Waals surface area contributed by atoms with E-state index in [1.54, 1.807) is 0 Å². The van der Waals surface area contributed by atoms with E-state index in [1.807, 2.05) is 36.6 Å². The predicted octanol–water partition coefficient (Wildman–Crippen LogP) is 2.09. The van der Waals surface area contributed by atoms with Gasteiger partial charge in [0.1, 0.15) is 0 Å². The molecule has 3 nitrogen and oxygen atoms in total. The molecular formula is C11H13N3S. The number of benzene rings is 1. The first-order valence-electron chi connectivity index (χ1n) is 4.49. The third-order valence-corrected chi connectivity index (χ3v) is 2.63. The molecular weight excluding hydrogens is 206 g/mol. The zero-order chi connectivity index (χ0) is 11.1. The van der Waals surface area contributed by atoms with Gasteiger partial charge in [-0.05, 0) is 17.9 Å². The van der Waals surface area contributed by atoms with Crippen LogP contribution in [0.2, 0.25) is 0 Å². The van der Waals surface area contributed by atoms with Crippen molar-refractivity contribution >= 4 is 17.4 Å². The predicted molar refractivity (Wildman–Crippen MR) is 64.9 cm³/mol. The van der Waals surface area contributed by atoms with Gasteiger partial charge in [-0.2, -0.15) is 5.26 Å². The first kappa shape index (κ1) is 11.5. The Bertz CT molecular complexity index is 393. The highest BCUT2D eigenvalue weighted by molar-refractivity contribution is 8.02.